The Bertz CT molecular complexity index is 103. The first-order valence-electron chi connectivity index (χ1n) is 3.33. The first kappa shape index (κ1) is 7.13. The number of hydrogen-bond acceptors (Lipinski definition) is 2. The van der Waals surface area contributed by atoms with Crippen molar-refractivity contribution in [2.45, 2.75) is 19.3 Å². The molecule has 1 fully saturated rings. The van der Waals surface area contributed by atoms with Gasteiger partial charge >= 0.3 is 0 Å². The van der Waals surface area contributed by atoms with E-state index in [4.69, 9.17) is 0 Å². The lowest BCUT2D eigenvalue weighted by Gasteiger charge is -2.23. The average Bonchev–Trinajstić information content (AvgIpc) is 1.78. The van der Waals surface area contributed by atoms with Gasteiger partial charge in [-0.25, -0.2) is 0 Å². The van der Waals surface area contributed by atoms with Gasteiger partial charge in [0.15, 0.2) is 0 Å². The molecule has 1 saturated carbocycles. The first-order chi connectivity index (χ1) is 4.33. The Labute approximate surface area is 60.2 Å². The third kappa shape index (κ3) is 2.01. The molecule has 0 saturated heterocycles. The van der Waals surface area contributed by atoms with Crippen molar-refractivity contribution in [1.82, 2.24) is 0 Å². The minimum atomic E-state index is 0.459. The van der Waals surface area contributed by atoms with Crippen LogP contribution in [-0.2, 0) is 4.79 Å². The average molecular weight is 144 g/mol. The van der Waals surface area contributed by atoms with Gasteiger partial charge in [-0.15, -0.1) is 0 Å². The molecule has 0 amide bonds. The van der Waals surface area contributed by atoms with Gasteiger partial charge in [-0.1, -0.05) is 0 Å². The minimum Gasteiger partial charge on any atom is -0.300 e. The monoisotopic (exact) mass is 144 g/mol. The van der Waals surface area contributed by atoms with Crippen molar-refractivity contribution in [3.8, 4) is 0 Å². The lowest BCUT2D eigenvalue weighted by molar-refractivity contribution is -0.126. The lowest BCUT2D eigenvalue weighted by atomic mass is 9.82. The Balaban J connectivity index is 1.97. The summed E-state index contributed by atoms with van der Waals surface area (Å²) in [5.74, 6) is 2.42. The second kappa shape index (κ2) is 3.25. The number of hydrogen-bond donors (Lipinski definition) is 0. The van der Waals surface area contributed by atoms with Crippen molar-refractivity contribution in [2.75, 3.05) is 12.0 Å². The van der Waals surface area contributed by atoms with Gasteiger partial charge in [0, 0.05) is 12.8 Å². The molecule has 0 unspecified atom stereocenters. The number of thioether (sulfide) groups is 1. The maximum atomic E-state index is 10.5. The van der Waals surface area contributed by atoms with Crippen molar-refractivity contribution >= 4 is 17.5 Å². The zero-order chi connectivity index (χ0) is 6.69. The molecule has 0 aromatic carbocycles. The minimum absolute atomic E-state index is 0.459. The Morgan fingerprint density at radius 1 is 1.67 bits per heavy atom. The Morgan fingerprint density at radius 3 is 2.78 bits per heavy atom. The Morgan fingerprint density at radius 2 is 2.33 bits per heavy atom. The van der Waals surface area contributed by atoms with Crippen LogP contribution < -0.4 is 0 Å². The van der Waals surface area contributed by atoms with Crippen LogP contribution in [0.4, 0.5) is 0 Å². The standard InChI is InChI=1S/C7H12OS/c1-9-3-2-6-4-7(8)5-6/h6H,2-5H2,1H3. The normalized spacial score (nSPS) is 19.9. The van der Waals surface area contributed by atoms with Crippen LogP contribution in [0.1, 0.15) is 19.3 Å². The van der Waals surface area contributed by atoms with Crippen LogP contribution in [0.25, 0.3) is 0 Å². The summed E-state index contributed by atoms with van der Waals surface area (Å²) < 4.78 is 0. The molecule has 0 aliphatic heterocycles. The van der Waals surface area contributed by atoms with E-state index in [2.05, 4.69) is 6.26 Å². The Hall–Kier alpha value is 0.0200. The predicted octanol–water partition coefficient (Wildman–Crippen LogP) is 1.72. The maximum absolute atomic E-state index is 10.5. The van der Waals surface area contributed by atoms with Gasteiger partial charge in [0.05, 0.1) is 0 Å². The SMILES string of the molecule is CSCCC1CC(=O)C1. The number of carbonyl (C=O) groups is 1. The van der Waals surface area contributed by atoms with Crippen molar-refractivity contribution in [1.29, 1.82) is 0 Å². The quantitative estimate of drug-likeness (QED) is 0.600. The van der Waals surface area contributed by atoms with Crippen LogP contribution in [0, 0.1) is 5.92 Å². The van der Waals surface area contributed by atoms with E-state index in [0.717, 1.165) is 18.8 Å². The van der Waals surface area contributed by atoms with Crippen LogP contribution in [0.15, 0.2) is 0 Å². The molecule has 9 heavy (non-hydrogen) atoms. The van der Waals surface area contributed by atoms with Gasteiger partial charge in [-0.05, 0) is 24.3 Å². The predicted molar refractivity (Wildman–Crippen MR) is 40.7 cm³/mol. The molecule has 0 heterocycles. The fourth-order valence-electron chi connectivity index (χ4n) is 1.07. The summed E-state index contributed by atoms with van der Waals surface area (Å²) in [5, 5.41) is 0. The van der Waals surface area contributed by atoms with Gasteiger partial charge in [-0.2, -0.15) is 11.8 Å². The maximum Gasteiger partial charge on any atom is 0.133 e. The molecule has 1 aliphatic rings. The molecule has 0 bridgehead atoms. The topological polar surface area (TPSA) is 17.1 Å². The molecule has 52 valence electrons. The molecule has 1 nitrogen and oxygen atoms in total. The van der Waals surface area contributed by atoms with E-state index in [1.807, 2.05) is 11.8 Å². The molecule has 0 atom stereocenters. The number of carbonyl (C=O) groups excluding carboxylic acids is 1. The smallest absolute Gasteiger partial charge is 0.133 e. The highest BCUT2D eigenvalue weighted by Crippen LogP contribution is 2.26. The zero-order valence-corrected chi connectivity index (χ0v) is 6.54. The van der Waals surface area contributed by atoms with Crippen molar-refractivity contribution in [2.24, 2.45) is 5.92 Å². The van der Waals surface area contributed by atoms with E-state index < -0.39 is 0 Å². The van der Waals surface area contributed by atoms with Gasteiger partial charge in [0.2, 0.25) is 0 Å². The number of ketones is 1. The first-order valence-corrected chi connectivity index (χ1v) is 4.73. The van der Waals surface area contributed by atoms with E-state index in [-0.39, 0.29) is 0 Å². The summed E-state index contributed by atoms with van der Waals surface area (Å²) in [6, 6.07) is 0. The fraction of sp³-hybridized carbons (Fsp3) is 0.857. The molecule has 1 rings (SSSR count). The van der Waals surface area contributed by atoms with Crippen molar-refractivity contribution in [3.05, 3.63) is 0 Å². The largest absolute Gasteiger partial charge is 0.300 e. The summed E-state index contributed by atoms with van der Waals surface area (Å²) in [6.07, 6.45) is 5.08. The van der Waals surface area contributed by atoms with E-state index in [9.17, 15) is 4.79 Å². The summed E-state index contributed by atoms with van der Waals surface area (Å²) >= 11 is 1.87. The second-order valence-corrected chi connectivity index (χ2v) is 3.58. The summed E-state index contributed by atoms with van der Waals surface area (Å²) in [7, 11) is 0. The molecular weight excluding hydrogens is 132 g/mol. The molecule has 0 N–H and O–H groups in total. The third-order valence-electron chi connectivity index (χ3n) is 1.76. The zero-order valence-electron chi connectivity index (χ0n) is 5.72. The molecule has 0 radical (unpaired) electrons. The van der Waals surface area contributed by atoms with Gasteiger partial charge < -0.3 is 0 Å². The summed E-state index contributed by atoms with van der Waals surface area (Å²) in [6.45, 7) is 0. The van der Waals surface area contributed by atoms with Gasteiger partial charge in [0.1, 0.15) is 5.78 Å². The van der Waals surface area contributed by atoms with E-state index in [0.29, 0.717) is 5.78 Å². The van der Waals surface area contributed by atoms with Crippen LogP contribution in [0.3, 0.4) is 0 Å². The van der Waals surface area contributed by atoms with Crippen molar-refractivity contribution in [3.63, 3.8) is 0 Å². The van der Waals surface area contributed by atoms with Crippen LogP contribution in [-0.4, -0.2) is 17.8 Å². The van der Waals surface area contributed by atoms with E-state index in [1.165, 1.54) is 12.2 Å². The van der Waals surface area contributed by atoms with Crippen LogP contribution in [0.5, 0.6) is 0 Å². The molecule has 1 aliphatic carbocycles. The molecule has 0 aromatic rings. The van der Waals surface area contributed by atoms with Gasteiger partial charge in [0.25, 0.3) is 0 Å². The summed E-state index contributed by atoms with van der Waals surface area (Å²) in [4.78, 5) is 10.5. The van der Waals surface area contributed by atoms with Gasteiger partial charge in [-0.3, -0.25) is 4.79 Å². The molecule has 0 aromatic heterocycles. The lowest BCUT2D eigenvalue weighted by Crippen LogP contribution is -2.23. The molecular formula is C7H12OS. The fourth-order valence-corrected chi connectivity index (χ4v) is 1.64. The molecule has 2 heteroatoms. The Kier molecular flexibility index (Phi) is 2.58. The molecule has 0 spiro atoms. The van der Waals surface area contributed by atoms with Crippen LogP contribution >= 0.6 is 11.8 Å². The highest BCUT2D eigenvalue weighted by Gasteiger charge is 2.25. The van der Waals surface area contributed by atoms with Crippen molar-refractivity contribution < 1.29 is 4.79 Å². The number of rotatable bonds is 3. The number of Topliss-reactive ketones (excluding diaryl/α,β-unsaturated/α-hetero) is 1. The highest BCUT2D eigenvalue weighted by molar-refractivity contribution is 7.98. The van der Waals surface area contributed by atoms with Crippen LogP contribution in [0.2, 0.25) is 0 Å². The van der Waals surface area contributed by atoms with E-state index in [1.54, 1.807) is 0 Å². The third-order valence-corrected chi connectivity index (χ3v) is 2.41. The highest BCUT2D eigenvalue weighted by atomic mass is 32.2. The summed E-state index contributed by atoms with van der Waals surface area (Å²) in [5.41, 5.74) is 0. The second-order valence-electron chi connectivity index (χ2n) is 2.59. The van der Waals surface area contributed by atoms with E-state index >= 15 is 0 Å².